The second kappa shape index (κ2) is 16.3. The summed E-state index contributed by atoms with van der Waals surface area (Å²) in [4.78, 5) is 46.3. The Morgan fingerprint density at radius 3 is 2.27 bits per heavy atom. The molecule has 3 atom stereocenters. The van der Waals surface area contributed by atoms with Gasteiger partial charge >= 0.3 is 6.03 Å². The SMILES string of the molecule is C.COc1cccc(CN2C[C@@H]3N(C(=O)NCc4ccccc4)[C@H](C)CC(=O)N3[C@@H](Cc3ccc(O)cc3)C2=O)c1OC.S.S. The maximum atomic E-state index is 14.1. The maximum Gasteiger partial charge on any atom is 0.319 e. The Hall–Kier alpha value is -4.03. The van der Waals surface area contributed by atoms with Crippen LogP contribution in [0.1, 0.15) is 37.5 Å². The van der Waals surface area contributed by atoms with E-state index in [9.17, 15) is 19.5 Å². The number of para-hydroxylation sites is 1. The molecule has 0 unspecified atom stereocenters. The Kier molecular flexibility index (Phi) is 13.5. The number of methoxy groups -OCH3 is 2. The van der Waals surface area contributed by atoms with Crippen molar-refractivity contribution in [1.82, 2.24) is 20.0 Å². The van der Waals surface area contributed by atoms with E-state index in [-0.39, 0.29) is 90.0 Å². The van der Waals surface area contributed by atoms with Crippen LogP contribution in [0.5, 0.6) is 17.2 Å². The molecule has 3 aromatic carbocycles. The zero-order valence-corrected chi connectivity index (χ0v) is 27.0. The van der Waals surface area contributed by atoms with Gasteiger partial charge in [-0.05, 0) is 36.2 Å². The third-order valence-electron chi connectivity index (χ3n) is 7.92. The van der Waals surface area contributed by atoms with Crippen molar-refractivity contribution in [1.29, 1.82) is 0 Å². The summed E-state index contributed by atoms with van der Waals surface area (Å²) in [5, 5.41) is 12.8. The molecule has 0 spiro atoms. The maximum absolute atomic E-state index is 14.1. The Bertz CT molecular complexity index is 1440. The van der Waals surface area contributed by atoms with E-state index < -0.39 is 12.2 Å². The topological polar surface area (TPSA) is 112 Å². The number of urea groups is 1. The van der Waals surface area contributed by atoms with Gasteiger partial charge in [-0.1, -0.05) is 62.0 Å². The fourth-order valence-electron chi connectivity index (χ4n) is 5.89. The molecule has 2 N–H and O–H groups in total. The molecule has 10 nitrogen and oxygen atoms in total. The fraction of sp³-hybridized carbons (Fsp3) is 0.364. The van der Waals surface area contributed by atoms with Crippen molar-refractivity contribution in [3.05, 3.63) is 89.5 Å². The van der Waals surface area contributed by atoms with Gasteiger partial charge in [0.1, 0.15) is 18.0 Å². The number of carbonyl (C=O) groups excluding carboxylic acids is 3. The molecule has 2 heterocycles. The minimum atomic E-state index is -0.839. The molecule has 0 aliphatic carbocycles. The molecule has 0 bridgehead atoms. The van der Waals surface area contributed by atoms with Crippen molar-refractivity contribution in [3.63, 3.8) is 0 Å². The smallest absolute Gasteiger partial charge is 0.319 e. The zero-order chi connectivity index (χ0) is 29.8. The van der Waals surface area contributed by atoms with Gasteiger partial charge < -0.3 is 29.7 Å². The van der Waals surface area contributed by atoms with Crippen molar-refractivity contribution in [2.24, 2.45) is 0 Å². The summed E-state index contributed by atoms with van der Waals surface area (Å²) in [5.41, 5.74) is 2.49. The van der Waals surface area contributed by atoms with Crippen molar-refractivity contribution in [3.8, 4) is 17.2 Å². The molecule has 2 aliphatic rings. The first-order valence-electron chi connectivity index (χ1n) is 14.0. The molecule has 3 aromatic rings. The largest absolute Gasteiger partial charge is 0.508 e. The third kappa shape index (κ3) is 7.98. The van der Waals surface area contributed by atoms with Crippen LogP contribution in [-0.2, 0) is 29.1 Å². The Morgan fingerprint density at radius 1 is 0.933 bits per heavy atom. The zero-order valence-electron chi connectivity index (χ0n) is 25.0. The highest BCUT2D eigenvalue weighted by molar-refractivity contribution is 7.59. The number of hydrogen-bond donors (Lipinski definition) is 2. The molecule has 2 saturated heterocycles. The van der Waals surface area contributed by atoms with Crippen LogP contribution in [0.3, 0.4) is 0 Å². The van der Waals surface area contributed by atoms with Gasteiger partial charge in [0.25, 0.3) is 0 Å². The lowest BCUT2D eigenvalue weighted by Crippen LogP contribution is -2.73. The van der Waals surface area contributed by atoms with Crippen LogP contribution in [0, 0.1) is 0 Å². The molecule has 5 rings (SSSR count). The minimum Gasteiger partial charge on any atom is -0.508 e. The number of hydrogen-bond acceptors (Lipinski definition) is 6. The second-order valence-corrected chi connectivity index (χ2v) is 10.6. The lowest BCUT2D eigenvalue weighted by atomic mass is 9.95. The monoisotopic (exact) mass is 656 g/mol. The minimum absolute atomic E-state index is 0. The van der Waals surface area contributed by atoms with Crippen LogP contribution in [-0.4, -0.2) is 76.7 Å². The van der Waals surface area contributed by atoms with Gasteiger partial charge in [0.15, 0.2) is 11.5 Å². The molecule has 45 heavy (non-hydrogen) atoms. The molecule has 0 radical (unpaired) electrons. The van der Waals surface area contributed by atoms with Gasteiger partial charge in [0.05, 0.1) is 20.8 Å². The van der Waals surface area contributed by atoms with Crippen LogP contribution in [0.15, 0.2) is 72.8 Å². The number of phenolic OH excluding ortho intramolecular Hbond substituents is 1. The number of carbonyl (C=O) groups is 3. The number of ether oxygens (including phenoxy) is 2. The molecule has 244 valence electrons. The number of nitrogens with zero attached hydrogens (tertiary/aromatic N) is 3. The third-order valence-corrected chi connectivity index (χ3v) is 7.92. The molecular weight excluding hydrogens is 613 g/mol. The predicted molar refractivity (Wildman–Crippen MR) is 183 cm³/mol. The highest BCUT2D eigenvalue weighted by atomic mass is 32.1. The molecule has 2 aliphatic heterocycles. The van der Waals surface area contributed by atoms with E-state index in [1.165, 1.54) is 0 Å². The van der Waals surface area contributed by atoms with E-state index in [0.717, 1.165) is 16.7 Å². The highest BCUT2D eigenvalue weighted by Crippen LogP contribution is 2.35. The van der Waals surface area contributed by atoms with E-state index in [0.29, 0.717) is 18.0 Å². The lowest BCUT2D eigenvalue weighted by molar-refractivity contribution is -0.170. The summed E-state index contributed by atoms with van der Waals surface area (Å²) >= 11 is 0. The van der Waals surface area contributed by atoms with Crippen LogP contribution in [0.2, 0.25) is 0 Å². The number of aromatic hydroxyl groups is 1. The average molecular weight is 657 g/mol. The number of phenols is 1. The summed E-state index contributed by atoms with van der Waals surface area (Å²) in [6.07, 6.45) is -0.326. The Morgan fingerprint density at radius 2 is 1.62 bits per heavy atom. The van der Waals surface area contributed by atoms with Gasteiger partial charge in [0, 0.05) is 37.5 Å². The average Bonchev–Trinajstić information content (AvgIpc) is 2.99. The number of benzene rings is 3. The standard InChI is InChI=1S/C32H36N4O6.CH4.2H2S/c1-21-16-29(38)36-26(17-22-12-14-25(37)15-13-22)31(39)34(19-24-10-7-11-27(41-2)30(24)42-3)20-28(36)35(21)32(40)33-18-23-8-5-4-6-9-23;;;/h4-15,21,26,28,37H,16-20H2,1-3H3,(H,33,40);1H4;2*1H2/t21-,26+,28-;;;/m1.../s1. The quantitative estimate of drug-likeness (QED) is 0.372. The second-order valence-electron chi connectivity index (χ2n) is 10.6. The predicted octanol–water partition coefficient (Wildman–Crippen LogP) is 4.38. The van der Waals surface area contributed by atoms with Crippen molar-refractivity contribution in [2.45, 2.75) is 58.5 Å². The highest BCUT2D eigenvalue weighted by Gasteiger charge is 2.50. The number of amides is 4. The van der Waals surface area contributed by atoms with Gasteiger partial charge in [-0.25, -0.2) is 4.79 Å². The van der Waals surface area contributed by atoms with Gasteiger partial charge in [0.2, 0.25) is 11.8 Å². The van der Waals surface area contributed by atoms with Crippen LogP contribution >= 0.6 is 27.0 Å². The Labute approximate surface area is 279 Å². The van der Waals surface area contributed by atoms with Crippen molar-refractivity contribution in [2.75, 3.05) is 20.8 Å². The first-order valence-corrected chi connectivity index (χ1v) is 14.0. The number of fused-ring (bicyclic) bond motifs is 1. The van der Waals surface area contributed by atoms with E-state index in [4.69, 9.17) is 9.47 Å². The van der Waals surface area contributed by atoms with Gasteiger partial charge in [-0.2, -0.15) is 27.0 Å². The van der Waals surface area contributed by atoms with Gasteiger partial charge in [-0.3, -0.25) is 14.5 Å². The van der Waals surface area contributed by atoms with E-state index in [1.54, 1.807) is 59.3 Å². The van der Waals surface area contributed by atoms with E-state index in [1.807, 2.05) is 49.4 Å². The van der Waals surface area contributed by atoms with Crippen LogP contribution in [0.4, 0.5) is 4.79 Å². The molecule has 4 amide bonds. The number of rotatable bonds is 8. The van der Waals surface area contributed by atoms with Gasteiger partial charge in [-0.15, -0.1) is 0 Å². The summed E-state index contributed by atoms with van der Waals surface area (Å²) in [5.74, 6) is 0.788. The van der Waals surface area contributed by atoms with E-state index >= 15 is 0 Å². The van der Waals surface area contributed by atoms with E-state index in [2.05, 4.69) is 5.32 Å². The normalized spacial score (nSPS) is 18.9. The Balaban J connectivity index is 0.00000235. The molecule has 2 fully saturated rings. The summed E-state index contributed by atoms with van der Waals surface area (Å²) in [6, 6.07) is 20.2. The molecule has 12 heteroatoms. The molecule has 0 aromatic heterocycles. The first-order chi connectivity index (χ1) is 20.3. The fourth-order valence-corrected chi connectivity index (χ4v) is 5.89. The van der Waals surface area contributed by atoms with Crippen molar-refractivity contribution >= 4 is 44.8 Å². The number of nitrogens with one attached hydrogen (secondary N) is 1. The van der Waals surface area contributed by atoms with Crippen molar-refractivity contribution < 1.29 is 29.0 Å². The molecule has 0 saturated carbocycles. The summed E-state index contributed by atoms with van der Waals surface area (Å²) in [6.45, 7) is 2.54. The number of piperazine rings is 1. The van der Waals surface area contributed by atoms with Crippen LogP contribution < -0.4 is 14.8 Å². The summed E-state index contributed by atoms with van der Waals surface area (Å²) < 4.78 is 11.1. The summed E-state index contributed by atoms with van der Waals surface area (Å²) in [7, 11) is 3.11. The first kappa shape index (κ1) is 37.2. The lowest BCUT2D eigenvalue weighted by Gasteiger charge is -2.54. The molecular formula is C33H44N4O6S2. The van der Waals surface area contributed by atoms with Crippen LogP contribution in [0.25, 0.3) is 0 Å².